The number of ether oxygens (including phenoxy) is 2. The minimum Gasteiger partial charge on any atom is -0.381 e. The molecule has 2 atom stereocenters. The minimum atomic E-state index is -0.417. The molecule has 5 heteroatoms. The zero-order valence-corrected chi connectivity index (χ0v) is 13.0. The molecule has 120 valence electrons. The summed E-state index contributed by atoms with van der Waals surface area (Å²) < 4.78 is 11.2. The van der Waals surface area contributed by atoms with Crippen molar-refractivity contribution in [1.29, 1.82) is 0 Å². The molecule has 1 saturated heterocycles. The predicted octanol–water partition coefficient (Wildman–Crippen LogP) is 1.21. The number of rotatable bonds is 5. The van der Waals surface area contributed by atoms with Gasteiger partial charge in [-0.25, -0.2) is 0 Å². The fraction of sp³-hybridized carbons (Fsp3) is 0.938. The van der Waals surface area contributed by atoms with Crippen molar-refractivity contribution in [3.63, 3.8) is 0 Å². The van der Waals surface area contributed by atoms with Crippen molar-refractivity contribution < 1.29 is 14.3 Å². The number of carbonyl (C=O) groups is 1. The number of nitrogens with one attached hydrogen (secondary N) is 1. The lowest BCUT2D eigenvalue weighted by atomic mass is 9.51. The Morgan fingerprint density at radius 3 is 2.57 bits per heavy atom. The van der Waals surface area contributed by atoms with E-state index in [4.69, 9.17) is 15.2 Å². The quantitative estimate of drug-likeness (QED) is 0.799. The van der Waals surface area contributed by atoms with Crippen LogP contribution in [0.25, 0.3) is 0 Å². The van der Waals surface area contributed by atoms with E-state index in [0.717, 1.165) is 25.9 Å². The van der Waals surface area contributed by atoms with Crippen molar-refractivity contribution in [2.45, 2.75) is 57.6 Å². The van der Waals surface area contributed by atoms with Crippen molar-refractivity contribution in [2.24, 2.45) is 16.6 Å². The molecule has 0 aromatic heterocycles. The van der Waals surface area contributed by atoms with E-state index < -0.39 is 5.41 Å². The summed E-state index contributed by atoms with van der Waals surface area (Å²) in [5, 5.41) is 3.30. The Balaban J connectivity index is 1.62. The van der Waals surface area contributed by atoms with E-state index in [2.05, 4.69) is 5.32 Å². The Morgan fingerprint density at radius 2 is 2.05 bits per heavy atom. The second-order valence-corrected chi connectivity index (χ2v) is 6.89. The Bertz CT molecular complexity index is 389. The average Bonchev–Trinajstić information content (AvgIpc) is 2.44. The maximum absolute atomic E-state index is 12.8. The molecule has 2 unspecified atom stereocenters. The summed E-state index contributed by atoms with van der Waals surface area (Å²) in [6, 6.07) is 0.279. The zero-order valence-electron chi connectivity index (χ0n) is 13.0. The van der Waals surface area contributed by atoms with Gasteiger partial charge in [0.25, 0.3) is 0 Å². The van der Waals surface area contributed by atoms with Gasteiger partial charge in [-0.05, 0) is 39.0 Å². The predicted molar refractivity (Wildman–Crippen MR) is 79.8 cm³/mol. The van der Waals surface area contributed by atoms with Crippen LogP contribution >= 0.6 is 0 Å². The SMILES string of the molecule is CCOC1CC(NC(=O)C2(CN)CCOCC2)C12CCC2. The van der Waals surface area contributed by atoms with Crippen molar-refractivity contribution in [2.75, 3.05) is 26.4 Å². The van der Waals surface area contributed by atoms with Crippen LogP contribution in [0.3, 0.4) is 0 Å². The van der Waals surface area contributed by atoms with Crippen LogP contribution in [0, 0.1) is 10.8 Å². The highest BCUT2D eigenvalue weighted by molar-refractivity contribution is 5.83. The summed E-state index contributed by atoms with van der Waals surface area (Å²) in [4.78, 5) is 12.8. The second-order valence-electron chi connectivity index (χ2n) is 6.89. The molecule has 2 saturated carbocycles. The van der Waals surface area contributed by atoms with E-state index >= 15 is 0 Å². The molecule has 0 aromatic carbocycles. The molecule has 0 bridgehead atoms. The Hall–Kier alpha value is -0.650. The molecule has 0 radical (unpaired) electrons. The molecule has 21 heavy (non-hydrogen) atoms. The van der Waals surface area contributed by atoms with Crippen molar-refractivity contribution in [1.82, 2.24) is 5.32 Å². The Morgan fingerprint density at radius 1 is 1.33 bits per heavy atom. The minimum absolute atomic E-state index is 0.138. The smallest absolute Gasteiger partial charge is 0.227 e. The molecule has 5 nitrogen and oxygen atoms in total. The van der Waals surface area contributed by atoms with Crippen molar-refractivity contribution >= 4 is 5.91 Å². The average molecular weight is 296 g/mol. The highest BCUT2D eigenvalue weighted by atomic mass is 16.5. The maximum atomic E-state index is 12.8. The number of hydrogen-bond donors (Lipinski definition) is 2. The first-order valence-corrected chi connectivity index (χ1v) is 8.37. The van der Waals surface area contributed by atoms with Crippen LogP contribution < -0.4 is 11.1 Å². The summed E-state index contributed by atoms with van der Waals surface area (Å²) >= 11 is 0. The van der Waals surface area contributed by atoms with Crippen molar-refractivity contribution in [3.8, 4) is 0 Å². The zero-order chi connectivity index (χ0) is 14.9. The van der Waals surface area contributed by atoms with Gasteiger partial charge in [-0.2, -0.15) is 0 Å². The van der Waals surface area contributed by atoms with Crippen LogP contribution in [0.15, 0.2) is 0 Å². The van der Waals surface area contributed by atoms with Crippen LogP contribution in [0.5, 0.6) is 0 Å². The number of amides is 1. The van der Waals surface area contributed by atoms with E-state index in [-0.39, 0.29) is 17.4 Å². The first kappa shape index (κ1) is 15.3. The molecule has 2 aliphatic carbocycles. The number of carbonyl (C=O) groups excluding carboxylic acids is 1. The summed E-state index contributed by atoms with van der Waals surface area (Å²) in [5.41, 5.74) is 5.72. The van der Waals surface area contributed by atoms with Gasteiger partial charge in [0.2, 0.25) is 5.91 Å². The van der Waals surface area contributed by atoms with Gasteiger partial charge in [-0.15, -0.1) is 0 Å². The molecule has 3 aliphatic rings. The van der Waals surface area contributed by atoms with Gasteiger partial charge in [-0.3, -0.25) is 4.79 Å². The molecule has 1 amide bonds. The van der Waals surface area contributed by atoms with Crippen LogP contribution in [0.2, 0.25) is 0 Å². The highest BCUT2D eigenvalue weighted by Gasteiger charge is 2.60. The van der Waals surface area contributed by atoms with Crippen LogP contribution in [0.1, 0.15) is 45.4 Å². The topological polar surface area (TPSA) is 73.6 Å². The van der Waals surface area contributed by atoms with Gasteiger partial charge in [0.15, 0.2) is 0 Å². The molecule has 1 aliphatic heterocycles. The lowest BCUT2D eigenvalue weighted by Gasteiger charge is -2.61. The lowest BCUT2D eigenvalue weighted by Crippen LogP contribution is -2.69. The fourth-order valence-electron chi connectivity index (χ4n) is 4.24. The third-order valence-electron chi connectivity index (χ3n) is 6.06. The van der Waals surface area contributed by atoms with Gasteiger partial charge in [0, 0.05) is 37.8 Å². The first-order chi connectivity index (χ1) is 10.2. The van der Waals surface area contributed by atoms with Crippen LogP contribution in [-0.4, -0.2) is 44.4 Å². The Kier molecular flexibility index (Phi) is 4.26. The maximum Gasteiger partial charge on any atom is 0.227 e. The summed E-state index contributed by atoms with van der Waals surface area (Å²) in [7, 11) is 0. The second kappa shape index (κ2) is 5.86. The third kappa shape index (κ3) is 2.39. The third-order valence-corrected chi connectivity index (χ3v) is 6.06. The largest absolute Gasteiger partial charge is 0.381 e. The molecule has 1 heterocycles. The van der Waals surface area contributed by atoms with E-state index in [1.54, 1.807) is 0 Å². The van der Waals surface area contributed by atoms with E-state index in [9.17, 15) is 4.79 Å². The molecule has 3 N–H and O–H groups in total. The van der Waals surface area contributed by atoms with Gasteiger partial charge in [0.05, 0.1) is 11.5 Å². The summed E-state index contributed by atoms with van der Waals surface area (Å²) in [6.45, 7) is 4.50. The molecular formula is C16H28N2O3. The van der Waals surface area contributed by atoms with Gasteiger partial charge < -0.3 is 20.5 Å². The van der Waals surface area contributed by atoms with Gasteiger partial charge in [0.1, 0.15) is 0 Å². The normalized spacial score (nSPS) is 33.0. The van der Waals surface area contributed by atoms with Crippen molar-refractivity contribution in [3.05, 3.63) is 0 Å². The van der Waals surface area contributed by atoms with Gasteiger partial charge in [-0.1, -0.05) is 6.42 Å². The number of hydrogen-bond acceptors (Lipinski definition) is 4. The molecule has 0 aromatic rings. The monoisotopic (exact) mass is 296 g/mol. The standard InChI is InChI=1S/C16H28N2O3/c1-2-21-13-10-12(16(13)4-3-5-16)18-14(19)15(11-17)6-8-20-9-7-15/h12-13H,2-11,17H2,1H3,(H,18,19). The van der Waals surface area contributed by atoms with Crippen LogP contribution in [0.4, 0.5) is 0 Å². The van der Waals surface area contributed by atoms with Crippen LogP contribution in [-0.2, 0) is 14.3 Å². The lowest BCUT2D eigenvalue weighted by molar-refractivity contribution is -0.179. The highest BCUT2D eigenvalue weighted by Crippen LogP contribution is 2.57. The first-order valence-electron chi connectivity index (χ1n) is 8.37. The van der Waals surface area contributed by atoms with E-state index in [0.29, 0.717) is 25.9 Å². The van der Waals surface area contributed by atoms with Gasteiger partial charge >= 0.3 is 0 Å². The molecule has 1 spiro atoms. The molecule has 3 rings (SSSR count). The summed E-state index contributed by atoms with van der Waals surface area (Å²) in [6.07, 6.45) is 6.39. The molecular weight excluding hydrogens is 268 g/mol. The number of nitrogens with two attached hydrogens (primary N) is 1. The fourth-order valence-corrected chi connectivity index (χ4v) is 4.24. The van der Waals surface area contributed by atoms with E-state index in [1.807, 2.05) is 6.92 Å². The Labute approximate surface area is 126 Å². The summed E-state index contributed by atoms with van der Waals surface area (Å²) in [5.74, 6) is 0.138. The molecule has 3 fully saturated rings. The van der Waals surface area contributed by atoms with E-state index in [1.165, 1.54) is 19.3 Å².